The fourth-order valence-corrected chi connectivity index (χ4v) is 8.93. The van der Waals surface area contributed by atoms with Crippen LogP contribution >= 0.6 is 0 Å². The van der Waals surface area contributed by atoms with Gasteiger partial charge in [0, 0.05) is 0 Å². The van der Waals surface area contributed by atoms with Crippen LogP contribution in [0.25, 0.3) is 0 Å². The van der Waals surface area contributed by atoms with Gasteiger partial charge in [0.05, 0.1) is 6.10 Å². The molecule has 0 aromatic rings. The third-order valence-electron chi connectivity index (χ3n) is 11.0. The lowest BCUT2D eigenvalue weighted by Gasteiger charge is -2.57. The van der Waals surface area contributed by atoms with E-state index in [1.54, 1.807) is 0 Å². The lowest BCUT2D eigenvalue weighted by Crippen LogP contribution is -2.49. The molecule has 4 aliphatic carbocycles. The van der Waals surface area contributed by atoms with Crippen molar-refractivity contribution in [2.24, 2.45) is 46.3 Å². The molecule has 0 aromatic heterocycles. The van der Waals surface area contributed by atoms with Gasteiger partial charge in [-0.15, -0.1) is 0 Å². The van der Waals surface area contributed by atoms with Crippen molar-refractivity contribution in [3.8, 4) is 0 Å². The first-order chi connectivity index (χ1) is 14.2. The molecule has 1 nitrogen and oxygen atoms in total. The van der Waals surface area contributed by atoms with Gasteiger partial charge in [0.25, 0.3) is 0 Å². The molecule has 9 atom stereocenters. The zero-order valence-electron chi connectivity index (χ0n) is 20.6. The highest BCUT2D eigenvalue weighted by Gasteiger charge is 2.58. The molecule has 0 radical (unpaired) electrons. The highest BCUT2D eigenvalue weighted by atomic mass is 16.3. The summed E-state index contributed by atoms with van der Waals surface area (Å²) in [4.78, 5) is 0. The Labute approximate surface area is 186 Å². The maximum absolute atomic E-state index is 10.3. The van der Waals surface area contributed by atoms with E-state index in [4.69, 9.17) is 0 Å². The molecule has 1 unspecified atom stereocenters. The first-order valence-electron chi connectivity index (χ1n) is 13.2. The smallest absolute Gasteiger partial charge is 0.0543 e. The zero-order chi connectivity index (χ0) is 21.7. The molecular weight excluding hydrogens is 364 g/mol. The molecule has 0 bridgehead atoms. The van der Waals surface area contributed by atoms with Crippen LogP contribution in [0.4, 0.5) is 0 Å². The fraction of sp³-hybridized carbons (Fsp3) is 0.862. The van der Waals surface area contributed by atoms with Crippen LogP contribution in [0.1, 0.15) is 105 Å². The maximum atomic E-state index is 10.3. The fourth-order valence-electron chi connectivity index (χ4n) is 8.93. The molecule has 0 aromatic carbocycles. The summed E-state index contributed by atoms with van der Waals surface area (Å²) >= 11 is 0. The van der Waals surface area contributed by atoms with E-state index in [1.165, 1.54) is 63.4 Å². The molecule has 3 saturated carbocycles. The predicted octanol–water partition coefficient (Wildman–Crippen LogP) is 7.94. The quantitative estimate of drug-likeness (QED) is 0.439. The Bertz CT molecular complexity index is 676. The van der Waals surface area contributed by atoms with E-state index in [0.717, 1.165) is 36.5 Å². The van der Waals surface area contributed by atoms with Gasteiger partial charge in [-0.2, -0.15) is 0 Å². The Morgan fingerprint density at radius 1 is 1.10 bits per heavy atom. The zero-order valence-corrected chi connectivity index (χ0v) is 20.6. The molecule has 0 spiro atoms. The summed E-state index contributed by atoms with van der Waals surface area (Å²) in [6.45, 7) is 16.6. The summed E-state index contributed by atoms with van der Waals surface area (Å²) in [5.74, 6) is 4.78. The van der Waals surface area contributed by atoms with E-state index >= 15 is 0 Å². The number of fused-ring (bicyclic) bond motifs is 5. The van der Waals surface area contributed by atoms with Gasteiger partial charge in [0.15, 0.2) is 0 Å². The summed E-state index contributed by atoms with van der Waals surface area (Å²) < 4.78 is 0. The van der Waals surface area contributed by atoms with Crippen LogP contribution in [0.15, 0.2) is 23.8 Å². The maximum Gasteiger partial charge on any atom is 0.0543 e. The van der Waals surface area contributed by atoms with Gasteiger partial charge in [-0.1, -0.05) is 51.5 Å². The van der Waals surface area contributed by atoms with Crippen LogP contribution in [0.2, 0.25) is 0 Å². The van der Waals surface area contributed by atoms with Gasteiger partial charge in [-0.05, 0) is 124 Å². The van der Waals surface area contributed by atoms with Crippen molar-refractivity contribution in [3.63, 3.8) is 0 Å². The number of aliphatic hydroxyl groups excluding tert-OH is 1. The predicted molar refractivity (Wildman–Crippen MR) is 128 cm³/mol. The molecule has 30 heavy (non-hydrogen) atoms. The molecule has 0 aliphatic heterocycles. The first-order valence-corrected chi connectivity index (χ1v) is 13.2. The summed E-state index contributed by atoms with van der Waals surface area (Å²) in [6, 6.07) is 0. The van der Waals surface area contributed by atoms with Crippen LogP contribution in [0.3, 0.4) is 0 Å². The molecule has 170 valence electrons. The van der Waals surface area contributed by atoms with Crippen molar-refractivity contribution in [2.45, 2.75) is 111 Å². The average Bonchev–Trinajstić information content (AvgIpc) is 3.06. The van der Waals surface area contributed by atoms with E-state index < -0.39 is 0 Å². The molecule has 1 heteroatoms. The summed E-state index contributed by atoms with van der Waals surface area (Å²) in [7, 11) is 0. The van der Waals surface area contributed by atoms with Crippen LogP contribution in [-0.4, -0.2) is 11.2 Å². The van der Waals surface area contributed by atoms with E-state index in [-0.39, 0.29) is 6.10 Å². The molecular formula is C29H48O. The van der Waals surface area contributed by atoms with E-state index in [2.05, 4.69) is 47.3 Å². The third-order valence-corrected chi connectivity index (χ3v) is 11.0. The number of allylic oxidation sites excluding steroid dienone is 3. The van der Waals surface area contributed by atoms with Gasteiger partial charge in [-0.25, -0.2) is 0 Å². The van der Waals surface area contributed by atoms with Crippen LogP contribution < -0.4 is 0 Å². The second kappa shape index (κ2) is 8.42. The second-order valence-electron chi connectivity index (χ2n) is 12.4. The lowest BCUT2D eigenvalue weighted by atomic mass is 9.47. The molecule has 0 heterocycles. The monoisotopic (exact) mass is 412 g/mol. The minimum atomic E-state index is -0.0465. The highest BCUT2D eigenvalue weighted by molar-refractivity contribution is 5.27. The highest BCUT2D eigenvalue weighted by Crippen LogP contribution is 2.67. The minimum Gasteiger partial charge on any atom is -0.393 e. The number of rotatable bonds is 6. The Balaban J connectivity index is 1.49. The van der Waals surface area contributed by atoms with Gasteiger partial charge in [0.1, 0.15) is 0 Å². The van der Waals surface area contributed by atoms with Crippen molar-refractivity contribution in [1.82, 2.24) is 0 Å². The lowest BCUT2D eigenvalue weighted by molar-refractivity contribution is -0.0428. The number of hydrogen-bond acceptors (Lipinski definition) is 1. The Morgan fingerprint density at radius 3 is 2.50 bits per heavy atom. The molecule has 4 rings (SSSR count). The van der Waals surface area contributed by atoms with Crippen molar-refractivity contribution >= 4 is 0 Å². The third kappa shape index (κ3) is 3.66. The van der Waals surface area contributed by atoms with Gasteiger partial charge >= 0.3 is 0 Å². The van der Waals surface area contributed by atoms with Gasteiger partial charge in [-0.3, -0.25) is 0 Å². The largest absolute Gasteiger partial charge is 0.393 e. The summed E-state index contributed by atoms with van der Waals surface area (Å²) in [6.07, 6.45) is 16.8. The Hall–Kier alpha value is -0.560. The van der Waals surface area contributed by atoms with E-state index in [9.17, 15) is 5.11 Å². The van der Waals surface area contributed by atoms with E-state index in [1.807, 2.05) is 5.57 Å². The molecule has 0 saturated heterocycles. The standard InChI is InChI=1S/C29H48O/c1-7-21(19(2)3)9-8-20(4)25-12-13-26-24-11-10-22-18-23(30)14-16-28(22,5)27(24)15-17-29(25,26)6/h11,20-23,25-27,30H,2,7-10,12-18H2,1,3-6H3/t20?,21-,22-,23-,25+,26-,27-,28-,29+/m0/s1. The topological polar surface area (TPSA) is 20.2 Å². The van der Waals surface area contributed by atoms with Gasteiger partial charge < -0.3 is 5.11 Å². The number of aliphatic hydroxyl groups is 1. The summed E-state index contributed by atoms with van der Waals surface area (Å²) in [5, 5.41) is 10.3. The number of hydrogen-bond donors (Lipinski definition) is 1. The second-order valence-corrected chi connectivity index (χ2v) is 12.4. The Morgan fingerprint density at radius 2 is 1.80 bits per heavy atom. The normalized spacial score (nSPS) is 45.0. The van der Waals surface area contributed by atoms with Crippen LogP contribution in [0.5, 0.6) is 0 Å². The molecule has 3 fully saturated rings. The molecule has 1 N–H and O–H groups in total. The Kier molecular flexibility index (Phi) is 6.35. The van der Waals surface area contributed by atoms with E-state index in [0.29, 0.717) is 22.7 Å². The summed E-state index contributed by atoms with van der Waals surface area (Å²) in [5.41, 5.74) is 4.21. The molecule has 0 amide bonds. The van der Waals surface area contributed by atoms with Gasteiger partial charge in [0.2, 0.25) is 0 Å². The van der Waals surface area contributed by atoms with Crippen molar-refractivity contribution in [2.75, 3.05) is 0 Å². The van der Waals surface area contributed by atoms with Crippen LogP contribution in [0, 0.1) is 46.3 Å². The van der Waals surface area contributed by atoms with Crippen molar-refractivity contribution in [3.05, 3.63) is 23.8 Å². The average molecular weight is 413 g/mol. The van der Waals surface area contributed by atoms with Crippen molar-refractivity contribution in [1.29, 1.82) is 0 Å². The first kappa shape index (κ1) is 22.6. The molecule has 4 aliphatic rings. The van der Waals surface area contributed by atoms with Crippen LogP contribution in [-0.2, 0) is 0 Å². The SMILES string of the molecule is C=C(C)[C@@H](CC)CCC(C)[C@H]1CC[C@H]2C3=CC[C@H]4C[C@@H](O)CC[C@]4(C)[C@H]3CC[C@]12C. The van der Waals surface area contributed by atoms with Crippen molar-refractivity contribution < 1.29 is 5.11 Å². The minimum absolute atomic E-state index is 0.0465.